The molecule has 2 heterocycles. The molecule has 1 N–H and O–H groups in total. The van der Waals surface area contributed by atoms with Gasteiger partial charge in [0.15, 0.2) is 0 Å². The summed E-state index contributed by atoms with van der Waals surface area (Å²) in [5.74, 6) is 1.69. The number of imide groups is 1. The van der Waals surface area contributed by atoms with Crippen LogP contribution in [0, 0.1) is 6.92 Å². The van der Waals surface area contributed by atoms with Crippen LogP contribution in [0.4, 0.5) is 10.6 Å². The van der Waals surface area contributed by atoms with E-state index in [0.29, 0.717) is 23.7 Å². The molecule has 1 saturated heterocycles. The van der Waals surface area contributed by atoms with E-state index in [1.165, 1.54) is 6.20 Å². The van der Waals surface area contributed by atoms with Gasteiger partial charge in [0.05, 0.1) is 7.11 Å². The second-order valence-electron chi connectivity index (χ2n) is 5.67. The molecule has 0 unspecified atom stereocenters. The van der Waals surface area contributed by atoms with Crippen molar-refractivity contribution < 1.29 is 19.1 Å². The molecule has 1 aromatic heterocycles. The van der Waals surface area contributed by atoms with Crippen molar-refractivity contribution in [1.82, 2.24) is 10.3 Å². The van der Waals surface area contributed by atoms with Gasteiger partial charge in [-0.05, 0) is 31.0 Å². The van der Waals surface area contributed by atoms with Crippen molar-refractivity contribution in [3.63, 3.8) is 0 Å². The van der Waals surface area contributed by atoms with E-state index in [1.807, 2.05) is 26.0 Å². The zero-order chi connectivity index (χ0) is 18.0. The molecule has 0 radical (unpaired) electrons. The molecule has 0 bridgehead atoms. The quantitative estimate of drug-likeness (QED) is 0.846. The van der Waals surface area contributed by atoms with Gasteiger partial charge in [-0.1, -0.05) is 13.0 Å². The molecule has 130 valence electrons. The fourth-order valence-electron chi connectivity index (χ4n) is 2.61. The van der Waals surface area contributed by atoms with Crippen LogP contribution in [0.2, 0.25) is 0 Å². The van der Waals surface area contributed by atoms with Gasteiger partial charge in [-0.3, -0.25) is 4.79 Å². The summed E-state index contributed by atoms with van der Waals surface area (Å²) in [6, 6.07) is 7.71. The number of anilines is 1. The normalized spacial score (nSPS) is 16.8. The number of amides is 3. The number of nitrogens with one attached hydrogen (secondary N) is 1. The summed E-state index contributed by atoms with van der Waals surface area (Å²) in [5.41, 5.74) is 0.996. The van der Waals surface area contributed by atoms with Crippen LogP contribution in [-0.4, -0.2) is 30.1 Å². The summed E-state index contributed by atoms with van der Waals surface area (Å²) < 4.78 is 11.1. The fourth-order valence-corrected chi connectivity index (χ4v) is 2.61. The number of benzene rings is 1. The number of urea groups is 1. The Labute approximate surface area is 145 Å². The van der Waals surface area contributed by atoms with Crippen LogP contribution in [0.3, 0.4) is 0 Å². The number of ether oxygens (including phenoxy) is 2. The zero-order valence-corrected chi connectivity index (χ0v) is 14.3. The molecule has 1 aliphatic rings. The molecule has 0 saturated carbocycles. The maximum absolute atomic E-state index is 12.3. The van der Waals surface area contributed by atoms with Crippen LogP contribution in [0.15, 0.2) is 36.5 Å². The number of hydrogen-bond donors (Lipinski definition) is 1. The molecule has 0 aliphatic carbocycles. The van der Waals surface area contributed by atoms with Gasteiger partial charge in [0.1, 0.15) is 29.1 Å². The molecule has 1 aliphatic heterocycles. The molecule has 1 aromatic carbocycles. The first-order valence-electron chi connectivity index (χ1n) is 7.96. The van der Waals surface area contributed by atoms with Gasteiger partial charge in [-0.25, -0.2) is 14.7 Å². The van der Waals surface area contributed by atoms with Gasteiger partial charge >= 0.3 is 6.03 Å². The average Bonchev–Trinajstić information content (AvgIpc) is 2.90. The van der Waals surface area contributed by atoms with Gasteiger partial charge in [-0.2, -0.15) is 0 Å². The highest BCUT2D eigenvalue weighted by atomic mass is 16.5. The third-order valence-electron chi connectivity index (χ3n) is 3.99. The van der Waals surface area contributed by atoms with Crippen molar-refractivity contribution in [2.75, 3.05) is 12.0 Å². The molecule has 3 amide bonds. The van der Waals surface area contributed by atoms with E-state index >= 15 is 0 Å². The first kappa shape index (κ1) is 16.8. The highest BCUT2D eigenvalue weighted by molar-refractivity contribution is 6.20. The molecule has 25 heavy (non-hydrogen) atoms. The Morgan fingerprint density at radius 3 is 2.64 bits per heavy atom. The van der Waals surface area contributed by atoms with Gasteiger partial charge < -0.3 is 14.8 Å². The largest absolute Gasteiger partial charge is 0.496 e. The van der Waals surface area contributed by atoms with Crippen molar-refractivity contribution in [2.24, 2.45) is 0 Å². The molecule has 3 rings (SSSR count). The lowest BCUT2D eigenvalue weighted by atomic mass is 10.2. The Hall–Kier alpha value is -3.09. The van der Waals surface area contributed by atoms with Crippen molar-refractivity contribution in [2.45, 2.75) is 26.3 Å². The second kappa shape index (κ2) is 6.80. The van der Waals surface area contributed by atoms with Gasteiger partial charge in [0.2, 0.25) is 0 Å². The van der Waals surface area contributed by atoms with Crippen molar-refractivity contribution in [3.05, 3.63) is 42.1 Å². The predicted octanol–water partition coefficient (Wildman–Crippen LogP) is 3.03. The summed E-state index contributed by atoms with van der Waals surface area (Å²) in [4.78, 5) is 29.5. The van der Waals surface area contributed by atoms with Gasteiger partial charge in [-0.15, -0.1) is 0 Å². The Morgan fingerprint density at radius 1 is 1.20 bits per heavy atom. The molecule has 7 nitrogen and oxygen atoms in total. The lowest BCUT2D eigenvalue weighted by Gasteiger charge is -2.14. The minimum atomic E-state index is -0.514. The van der Waals surface area contributed by atoms with Crippen molar-refractivity contribution >= 4 is 17.8 Å². The summed E-state index contributed by atoms with van der Waals surface area (Å²) in [6.07, 6.45) is 2.02. The Morgan fingerprint density at radius 2 is 1.96 bits per heavy atom. The SMILES string of the molecule is CC[C@H]1NC(=O)N(c2cc(Oc3ccc(C)c(OC)c3)ccn2)C1=O. The third-order valence-corrected chi connectivity index (χ3v) is 3.99. The van der Waals surface area contributed by atoms with Crippen LogP contribution in [-0.2, 0) is 4.79 Å². The van der Waals surface area contributed by atoms with Gasteiger partial charge in [0, 0.05) is 18.3 Å². The molecular formula is C18H19N3O4. The smallest absolute Gasteiger partial charge is 0.330 e. The maximum Gasteiger partial charge on any atom is 0.330 e. The molecule has 0 spiro atoms. The summed E-state index contributed by atoms with van der Waals surface area (Å²) >= 11 is 0. The number of aromatic nitrogens is 1. The number of methoxy groups -OCH3 is 1. The fraction of sp³-hybridized carbons (Fsp3) is 0.278. The predicted molar refractivity (Wildman–Crippen MR) is 92.1 cm³/mol. The molecule has 1 atom stereocenters. The lowest BCUT2D eigenvalue weighted by Crippen LogP contribution is -2.31. The van der Waals surface area contributed by atoms with Crippen molar-refractivity contribution in [1.29, 1.82) is 0 Å². The van der Waals surface area contributed by atoms with E-state index < -0.39 is 12.1 Å². The van der Waals surface area contributed by atoms with E-state index in [4.69, 9.17) is 9.47 Å². The Bertz CT molecular complexity index is 822. The lowest BCUT2D eigenvalue weighted by molar-refractivity contribution is -0.118. The second-order valence-corrected chi connectivity index (χ2v) is 5.67. The number of aryl methyl sites for hydroxylation is 1. The van der Waals surface area contributed by atoms with E-state index in [2.05, 4.69) is 10.3 Å². The van der Waals surface area contributed by atoms with Crippen LogP contribution in [0.1, 0.15) is 18.9 Å². The number of carbonyl (C=O) groups excluding carboxylic acids is 2. The van der Waals surface area contributed by atoms with E-state index in [-0.39, 0.29) is 11.7 Å². The van der Waals surface area contributed by atoms with Crippen molar-refractivity contribution in [3.8, 4) is 17.2 Å². The monoisotopic (exact) mass is 341 g/mol. The third kappa shape index (κ3) is 3.26. The zero-order valence-electron chi connectivity index (χ0n) is 14.3. The molecule has 7 heteroatoms. The Kier molecular flexibility index (Phi) is 4.56. The summed E-state index contributed by atoms with van der Waals surface area (Å²) in [7, 11) is 1.60. The average molecular weight is 341 g/mol. The topological polar surface area (TPSA) is 80.8 Å². The summed E-state index contributed by atoms with van der Waals surface area (Å²) in [6.45, 7) is 3.78. The van der Waals surface area contributed by atoms with Crippen LogP contribution in [0.25, 0.3) is 0 Å². The van der Waals surface area contributed by atoms with E-state index in [9.17, 15) is 9.59 Å². The van der Waals surface area contributed by atoms with Crippen LogP contribution in [0.5, 0.6) is 17.2 Å². The number of pyridine rings is 1. The first-order chi connectivity index (χ1) is 12.0. The van der Waals surface area contributed by atoms with Crippen LogP contribution < -0.4 is 19.7 Å². The van der Waals surface area contributed by atoms with Gasteiger partial charge in [0.25, 0.3) is 5.91 Å². The highest BCUT2D eigenvalue weighted by Crippen LogP contribution is 2.29. The number of rotatable bonds is 5. The molecule has 1 fully saturated rings. The summed E-state index contributed by atoms with van der Waals surface area (Å²) in [5, 5.41) is 2.63. The van der Waals surface area contributed by atoms with E-state index in [0.717, 1.165) is 10.5 Å². The molecule has 2 aromatic rings. The van der Waals surface area contributed by atoms with Crippen LogP contribution >= 0.6 is 0 Å². The number of carbonyl (C=O) groups is 2. The highest BCUT2D eigenvalue weighted by Gasteiger charge is 2.38. The number of nitrogens with zero attached hydrogens (tertiary/aromatic N) is 2. The minimum absolute atomic E-state index is 0.232. The first-order valence-corrected chi connectivity index (χ1v) is 7.96. The molecular weight excluding hydrogens is 322 g/mol. The van der Waals surface area contributed by atoms with E-state index in [1.54, 1.807) is 25.3 Å². The maximum atomic E-state index is 12.3. The minimum Gasteiger partial charge on any atom is -0.496 e. The Balaban J connectivity index is 1.85. The number of hydrogen-bond acceptors (Lipinski definition) is 5. The standard InChI is InChI=1S/C18H19N3O4/c1-4-14-17(22)21(18(23)20-14)16-10-13(7-8-19-16)25-12-6-5-11(2)15(9-12)24-3/h5-10,14H,4H2,1-3H3,(H,20,23)/t14-/m1/s1.